The summed E-state index contributed by atoms with van der Waals surface area (Å²) in [5, 5.41) is 4.82. The van der Waals surface area contributed by atoms with E-state index in [9.17, 15) is 8.42 Å². The third kappa shape index (κ3) is 3.06. The Bertz CT molecular complexity index is 805. The molecule has 2 aromatic carbocycles. The lowest BCUT2D eigenvalue weighted by atomic mass is 10.1. The zero-order valence-electron chi connectivity index (χ0n) is 13.5. The Hall–Kier alpha value is -1.63. The minimum atomic E-state index is -3.52. The van der Waals surface area contributed by atoms with Gasteiger partial charge in [-0.15, -0.1) is 0 Å². The number of benzene rings is 2. The van der Waals surface area contributed by atoms with Gasteiger partial charge in [0.25, 0.3) is 0 Å². The molecule has 1 aliphatic heterocycles. The Morgan fingerprint density at radius 1 is 1.22 bits per heavy atom. The number of nitrogens with zero attached hydrogens (tertiary/aromatic N) is 1. The lowest BCUT2D eigenvalue weighted by Gasteiger charge is -2.31. The Morgan fingerprint density at radius 2 is 1.96 bits per heavy atom. The molecule has 0 aromatic heterocycles. The first-order chi connectivity index (χ1) is 11.0. The molecule has 0 radical (unpaired) electrons. The van der Waals surface area contributed by atoms with Gasteiger partial charge >= 0.3 is 0 Å². The van der Waals surface area contributed by atoms with Crippen LogP contribution in [0.2, 0.25) is 0 Å². The molecule has 0 aliphatic carbocycles. The average Bonchev–Trinajstić information content (AvgIpc) is 2.55. The van der Waals surface area contributed by atoms with E-state index in [-0.39, 0.29) is 6.04 Å². The first kappa shape index (κ1) is 16.2. The van der Waals surface area contributed by atoms with Crippen LogP contribution in [0.1, 0.15) is 13.8 Å². The molecule has 124 valence electrons. The predicted molar refractivity (Wildman–Crippen MR) is 91.3 cm³/mol. The molecule has 3 rings (SSSR count). The van der Waals surface area contributed by atoms with Gasteiger partial charge in [0, 0.05) is 36.4 Å². The molecule has 6 heteroatoms. The zero-order valence-corrected chi connectivity index (χ0v) is 14.3. The number of rotatable bonds is 4. The minimum absolute atomic E-state index is 0.160. The van der Waals surface area contributed by atoms with Crippen molar-refractivity contribution in [3.63, 3.8) is 0 Å². The first-order valence-electron chi connectivity index (χ1n) is 7.92. The summed E-state index contributed by atoms with van der Waals surface area (Å²) in [7, 11) is -3.52. The van der Waals surface area contributed by atoms with Crippen molar-refractivity contribution in [2.75, 3.05) is 26.2 Å². The van der Waals surface area contributed by atoms with E-state index in [4.69, 9.17) is 4.74 Å². The summed E-state index contributed by atoms with van der Waals surface area (Å²) in [5.41, 5.74) is 0. The van der Waals surface area contributed by atoms with E-state index in [0.29, 0.717) is 36.5 Å². The maximum absolute atomic E-state index is 13.1. The molecule has 0 bridgehead atoms. The third-order valence-corrected chi connectivity index (χ3v) is 6.02. The smallest absolute Gasteiger partial charge is 0.243 e. The molecule has 1 unspecified atom stereocenters. The number of hydrogen-bond donors (Lipinski definition) is 1. The van der Waals surface area contributed by atoms with E-state index in [1.807, 2.05) is 38.1 Å². The van der Waals surface area contributed by atoms with Gasteiger partial charge in [-0.05, 0) is 26.0 Å². The summed E-state index contributed by atoms with van der Waals surface area (Å²) < 4.78 is 33.3. The Morgan fingerprint density at radius 3 is 2.65 bits per heavy atom. The summed E-state index contributed by atoms with van der Waals surface area (Å²) in [4.78, 5) is 0.352. The zero-order chi connectivity index (χ0) is 16.4. The highest BCUT2D eigenvalue weighted by atomic mass is 32.2. The summed E-state index contributed by atoms with van der Waals surface area (Å²) in [6.07, 6.45) is 0. The van der Waals surface area contributed by atoms with Gasteiger partial charge in [-0.2, -0.15) is 4.31 Å². The minimum Gasteiger partial charge on any atom is -0.493 e. The average molecular weight is 334 g/mol. The second-order valence-corrected chi connectivity index (χ2v) is 7.67. The topological polar surface area (TPSA) is 58.6 Å². The molecule has 0 saturated carbocycles. The number of piperazine rings is 1. The molecule has 1 atom stereocenters. The number of hydrogen-bond acceptors (Lipinski definition) is 4. The molecule has 0 spiro atoms. The van der Waals surface area contributed by atoms with Crippen molar-refractivity contribution in [3.05, 3.63) is 36.4 Å². The van der Waals surface area contributed by atoms with Crippen LogP contribution in [0.5, 0.6) is 5.75 Å². The number of sulfonamides is 1. The maximum atomic E-state index is 13.1. The predicted octanol–water partition coefficient (Wildman–Crippen LogP) is 2.22. The van der Waals surface area contributed by atoms with Crippen molar-refractivity contribution in [3.8, 4) is 5.75 Å². The molecule has 0 amide bonds. The second kappa shape index (κ2) is 6.47. The highest BCUT2D eigenvalue weighted by Crippen LogP contribution is 2.32. The van der Waals surface area contributed by atoms with Crippen LogP contribution in [0.25, 0.3) is 10.8 Å². The summed E-state index contributed by atoms with van der Waals surface area (Å²) in [6, 6.07) is 11.1. The molecule has 1 aliphatic rings. The van der Waals surface area contributed by atoms with Crippen LogP contribution in [0.3, 0.4) is 0 Å². The van der Waals surface area contributed by atoms with Crippen LogP contribution in [0, 0.1) is 0 Å². The fourth-order valence-corrected chi connectivity index (χ4v) is 4.73. The van der Waals surface area contributed by atoms with Crippen molar-refractivity contribution < 1.29 is 13.2 Å². The van der Waals surface area contributed by atoms with Gasteiger partial charge in [0.05, 0.1) is 11.5 Å². The molecule has 23 heavy (non-hydrogen) atoms. The molecular formula is C17H22N2O3S. The van der Waals surface area contributed by atoms with E-state index in [1.54, 1.807) is 16.4 Å². The van der Waals surface area contributed by atoms with Gasteiger partial charge in [0.15, 0.2) is 0 Å². The van der Waals surface area contributed by atoms with Crippen molar-refractivity contribution in [2.24, 2.45) is 0 Å². The van der Waals surface area contributed by atoms with Crippen molar-refractivity contribution >= 4 is 20.8 Å². The molecule has 1 saturated heterocycles. The van der Waals surface area contributed by atoms with Crippen LogP contribution in [-0.2, 0) is 10.0 Å². The Labute approximate surface area is 137 Å². The fraction of sp³-hybridized carbons (Fsp3) is 0.412. The van der Waals surface area contributed by atoms with Gasteiger partial charge in [-0.1, -0.05) is 24.3 Å². The highest BCUT2D eigenvalue weighted by Gasteiger charge is 2.30. The fourth-order valence-electron chi connectivity index (χ4n) is 3.00. The Kier molecular flexibility index (Phi) is 4.57. The lowest BCUT2D eigenvalue weighted by molar-refractivity contribution is 0.310. The van der Waals surface area contributed by atoms with E-state index >= 15 is 0 Å². The van der Waals surface area contributed by atoms with Gasteiger partial charge in [-0.3, -0.25) is 0 Å². The van der Waals surface area contributed by atoms with Crippen LogP contribution in [-0.4, -0.2) is 45.0 Å². The SMILES string of the molecule is CCOc1ccc(S(=O)(=O)N2CCNC(C)C2)c2ccccc12. The van der Waals surface area contributed by atoms with Gasteiger partial charge in [0.2, 0.25) is 10.0 Å². The standard InChI is InChI=1S/C17H22N2O3S/c1-3-22-16-8-9-17(15-7-5-4-6-14(15)16)23(20,21)19-11-10-18-13(2)12-19/h4-9,13,18H,3,10-12H2,1-2H3. The molecule has 1 fully saturated rings. The van der Waals surface area contributed by atoms with Gasteiger partial charge in [0.1, 0.15) is 5.75 Å². The number of ether oxygens (including phenoxy) is 1. The lowest BCUT2D eigenvalue weighted by Crippen LogP contribution is -2.51. The number of nitrogens with one attached hydrogen (secondary N) is 1. The van der Waals surface area contributed by atoms with E-state index in [1.165, 1.54) is 0 Å². The number of fused-ring (bicyclic) bond motifs is 1. The van der Waals surface area contributed by atoms with Gasteiger partial charge < -0.3 is 10.1 Å². The van der Waals surface area contributed by atoms with E-state index in [2.05, 4.69) is 5.32 Å². The molecule has 1 heterocycles. The largest absolute Gasteiger partial charge is 0.493 e. The van der Waals surface area contributed by atoms with E-state index in [0.717, 1.165) is 11.1 Å². The maximum Gasteiger partial charge on any atom is 0.243 e. The first-order valence-corrected chi connectivity index (χ1v) is 9.36. The monoisotopic (exact) mass is 334 g/mol. The summed E-state index contributed by atoms with van der Waals surface area (Å²) >= 11 is 0. The Balaban J connectivity index is 2.11. The third-order valence-electron chi connectivity index (χ3n) is 4.09. The van der Waals surface area contributed by atoms with Crippen LogP contribution in [0.4, 0.5) is 0 Å². The molecule has 2 aromatic rings. The highest BCUT2D eigenvalue weighted by molar-refractivity contribution is 7.89. The summed E-state index contributed by atoms with van der Waals surface area (Å²) in [5.74, 6) is 0.718. The van der Waals surface area contributed by atoms with Gasteiger partial charge in [-0.25, -0.2) is 8.42 Å². The normalized spacial score (nSPS) is 19.8. The summed E-state index contributed by atoms with van der Waals surface area (Å²) in [6.45, 7) is 6.12. The van der Waals surface area contributed by atoms with Crippen LogP contribution >= 0.6 is 0 Å². The van der Waals surface area contributed by atoms with Crippen molar-refractivity contribution in [1.82, 2.24) is 9.62 Å². The second-order valence-electron chi connectivity index (χ2n) is 5.76. The van der Waals surface area contributed by atoms with Crippen molar-refractivity contribution in [2.45, 2.75) is 24.8 Å². The van der Waals surface area contributed by atoms with Crippen LogP contribution in [0.15, 0.2) is 41.3 Å². The quantitative estimate of drug-likeness (QED) is 0.931. The van der Waals surface area contributed by atoms with Crippen LogP contribution < -0.4 is 10.1 Å². The van der Waals surface area contributed by atoms with E-state index < -0.39 is 10.0 Å². The van der Waals surface area contributed by atoms with Crippen molar-refractivity contribution in [1.29, 1.82) is 0 Å². The molecule has 5 nitrogen and oxygen atoms in total. The molecule has 1 N–H and O–H groups in total. The molecular weight excluding hydrogens is 312 g/mol.